The summed E-state index contributed by atoms with van der Waals surface area (Å²) in [5, 5.41) is 0. The second kappa shape index (κ2) is 23.4. The molecule has 0 saturated carbocycles. The van der Waals surface area contributed by atoms with Crippen molar-refractivity contribution < 1.29 is 138 Å². The minimum atomic E-state index is -5.81. The van der Waals surface area contributed by atoms with Crippen molar-refractivity contribution >= 4 is 13.0 Å². The van der Waals surface area contributed by atoms with Gasteiger partial charge in [0.15, 0.2) is 17.5 Å². The molecule has 0 bridgehead atoms. The summed E-state index contributed by atoms with van der Waals surface area (Å²) in [6.45, 7) is 4.78. The molecule has 0 heterocycles. The lowest BCUT2D eigenvalue weighted by molar-refractivity contribution is -0.959. The molecule has 75 heavy (non-hydrogen) atoms. The van der Waals surface area contributed by atoms with Crippen LogP contribution in [0.2, 0.25) is 0 Å². The Kier molecular flexibility index (Phi) is 19.9. The van der Waals surface area contributed by atoms with Crippen LogP contribution >= 0.6 is 0 Å². The van der Waals surface area contributed by atoms with Crippen molar-refractivity contribution in [2.75, 3.05) is 26.4 Å². The molecule has 0 aliphatic rings. The highest BCUT2D eigenvalue weighted by atomic mass is 19.4. The summed E-state index contributed by atoms with van der Waals surface area (Å²) in [5.74, 6) is -7.47. The van der Waals surface area contributed by atoms with Gasteiger partial charge in [0.1, 0.15) is 17.1 Å². The van der Waals surface area contributed by atoms with Crippen LogP contribution in [0.4, 0.5) is 111 Å². The van der Waals surface area contributed by atoms with Crippen molar-refractivity contribution in [3.05, 3.63) is 117 Å². The maximum absolute atomic E-state index is 15.0. The van der Waals surface area contributed by atoms with E-state index in [9.17, 15) is 92.2 Å². The van der Waals surface area contributed by atoms with Gasteiger partial charge < -0.3 is 28.2 Å². The molecule has 0 aliphatic carbocycles. The molecule has 420 valence electrons. The summed E-state index contributed by atoms with van der Waals surface area (Å²) in [7, 11) is -3.39. The smallest absolute Gasteiger partial charge is 0.490 e. The minimum Gasteiger partial charge on any atom is -0.490 e. The summed E-state index contributed by atoms with van der Waals surface area (Å²) in [5.41, 5.74) is -17.1. The van der Waals surface area contributed by atoms with Crippen LogP contribution in [0.25, 0.3) is 0 Å². The van der Waals surface area contributed by atoms with Gasteiger partial charge in [-0.1, -0.05) is 11.1 Å². The average molecular weight is 1130 g/mol. The van der Waals surface area contributed by atoms with Crippen molar-refractivity contribution in [2.45, 2.75) is 96.0 Å². The molecule has 0 amide bonds. The molecule has 4 rings (SSSR count). The predicted molar refractivity (Wildman–Crippen MR) is 210 cm³/mol. The highest BCUT2D eigenvalue weighted by Gasteiger charge is 2.55. The lowest BCUT2D eigenvalue weighted by Crippen LogP contribution is -3.19. The molecule has 0 saturated heterocycles. The van der Waals surface area contributed by atoms with Gasteiger partial charge in [-0.25, -0.2) is 4.90 Å². The molecule has 0 aromatic heterocycles. The molecular formula is C43H36BF24NO6. The molecule has 7 nitrogen and oxygen atoms in total. The lowest BCUT2D eigenvalue weighted by Gasteiger charge is -2.42. The van der Waals surface area contributed by atoms with Gasteiger partial charge in [-0.2, -0.15) is 124 Å². The van der Waals surface area contributed by atoms with E-state index in [4.69, 9.17) is 28.2 Å². The Morgan fingerprint density at radius 2 is 0.760 bits per heavy atom. The van der Waals surface area contributed by atoms with Gasteiger partial charge in [0, 0.05) is 6.61 Å². The number of benzene rings is 4. The molecule has 4 aromatic rings. The third-order valence-corrected chi connectivity index (χ3v) is 9.73. The first-order valence-electron chi connectivity index (χ1n) is 20.8. The third kappa shape index (κ3) is 17.0. The van der Waals surface area contributed by atoms with Gasteiger partial charge in [0.25, 0.3) is 0 Å². The van der Waals surface area contributed by atoms with Crippen LogP contribution in [-0.2, 0) is 63.6 Å². The fourth-order valence-electron chi connectivity index (χ4n) is 6.68. The molecule has 0 spiro atoms. The monoisotopic (exact) mass is 1130 g/mol. The Morgan fingerprint density at radius 3 is 1.05 bits per heavy atom. The molecular weight excluding hydrogens is 1090 g/mol. The van der Waals surface area contributed by atoms with Crippen molar-refractivity contribution in [3.63, 3.8) is 0 Å². The Morgan fingerprint density at radius 1 is 0.427 bits per heavy atom. The van der Waals surface area contributed by atoms with Crippen molar-refractivity contribution in [3.8, 4) is 17.2 Å². The van der Waals surface area contributed by atoms with Gasteiger partial charge in [-0.15, -0.1) is 6.07 Å². The quantitative estimate of drug-likeness (QED) is 0.0522. The van der Waals surface area contributed by atoms with E-state index in [0.29, 0.717) is 12.1 Å². The van der Waals surface area contributed by atoms with E-state index >= 15 is 13.2 Å². The number of ether oxygens (including phenoxy) is 3. The molecule has 32 heteroatoms. The fraction of sp³-hybridized carbons (Fsp3) is 0.442. The van der Waals surface area contributed by atoms with Gasteiger partial charge in [-0.3, -0.25) is 0 Å². The summed E-state index contributed by atoms with van der Waals surface area (Å²) < 4.78 is 358. The van der Waals surface area contributed by atoms with Gasteiger partial charge in [0.05, 0.1) is 47.6 Å². The Labute approximate surface area is 408 Å². The maximum atomic E-state index is 15.0. The molecule has 0 aliphatic heterocycles. The predicted octanol–water partition coefficient (Wildman–Crippen LogP) is 14.5. The largest absolute Gasteiger partial charge is 0.864 e. The number of quaternary nitrogens is 1. The Bertz CT molecular complexity index is 2340. The molecule has 0 fully saturated rings. The lowest BCUT2D eigenvalue weighted by atomic mass is 10.0. The first-order chi connectivity index (χ1) is 33.9. The molecule has 4 aromatic carbocycles. The summed E-state index contributed by atoms with van der Waals surface area (Å²) in [6, 6.07) is 0.473. The number of hydrogen-bond acceptors (Lipinski definition) is 6. The number of halogens is 24. The summed E-state index contributed by atoms with van der Waals surface area (Å²) >= 11 is 0. The normalized spacial score (nSPS) is 14.2. The van der Waals surface area contributed by atoms with Crippen LogP contribution in [0.15, 0.2) is 66.7 Å². The summed E-state index contributed by atoms with van der Waals surface area (Å²) in [6.07, 6.45) is -45.0. The highest BCUT2D eigenvalue weighted by molar-refractivity contribution is 6.39. The van der Waals surface area contributed by atoms with Crippen molar-refractivity contribution in [1.82, 2.24) is 0 Å². The number of alkyl halides is 24. The second-order valence-corrected chi connectivity index (χ2v) is 15.0. The van der Waals surface area contributed by atoms with Crippen LogP contribution in [0, 0.1) is 6.07 Å². The van der Waals surface area contributed by atoms with E-state index in [1.54, 1.807) is 6.07 Å². The minimum absolute atomic E-state index is 0.0521. The Balaban J connectivity index is 0.000000910. The molecule has 2 atom stereocenters. The second-order valence-electron chi connectivity index (χ2n) is 15.0. The van der Waals surface area contributed by atoms with E-state index in [1.165, 1.54) is 27.7 Å². The molecule has 2 unspecified atom stereocenters. The number of likely N-dealkylation sites (N-methyl/N-ethyl adjacent to an activating group) is 1. The standard InChI is InChI=1S/C35H32BF18NO6.C8H3F6/c1-6-55(35(57-8-3,58-9-4)18(5)56-7-2)28-26(34(52,53)54)16-23(33(49,50)51)17-27(28)61-36(59-24-12-19(29(37,38)39)10-20(13-24)30(40,41)42)60-25-14-21(31(43,44)45)11-22(15-25)32(46,47)48;9-7(10,11)5-2-1-3-6(4-5)8(12,13)14/h10-18H,6-9H2,1-5H3;2-4H/q;-1/p+1. The van der Waals surface area contributed by atoms with Crippen LogP contribution in [0.3, 0.4) is 0 Å². The molecule has 1 N–H and O–H groups in total. The highest BCUT2D eigenvalue weighted by Crippen LogP contribution is 2.46. The number of hydrogen-bond donors (Lipinski definition) is 1. The third-order valence-electron chi connectivity index (χ3n) is 9.73. The molecule has 0 radical (unpaired) electrons. The number of nitrogens with one attached hydrogen (secondary N) is 1. The number of rotatable bonds is 16. The van der Waals surface area contributed by atoms with Crippen molar-refractivity contribution in [1.29, 1.82) is 0 Å². The van der Waals surface area contributed by atoms with Crippen LogP contribution in [0.1, 0.15) is 79.1 Å². The van der Waals surface area contributed by atoms with Gasteiger partial charge in [0.2, 0.25) is 0 Å². The Hall–Kier alpha value is -5.50. The van der Waals surface area contributed by atoms with E-state index in [2.05, 4.69) is 0 Å². The van der Waals surface area contributed by atoms with E-state index in [0.717, 1.165) is 6.92 Å². The zero-order valence-electron chi connectivity index (χ0n) is 38.4. The van der Waals surface area contributed by atoms with Crippen molar-refractivity contribution in [2.24, 2.45) is 0 Å². The topological polar surface area (TPSA) is 59.8 Å². The average Bonchev–Trinajstić information content (AvgIpc) is 3.24. The zero-order valence-corrected chi connectivity index (χ0v) is 38.4. The van der Waals surface area contributed by atoms with Gasteiger partial charge in [-0.05, 0) is 83.1 Å². The van der Waals surface area contributed by atoms with E-state index in [1.807, 2.05) is 0 Å². The summed E-state index contributed by atoms with van der Waals surface area (Å²) in [4.78, 5) is -0.733. The van der Waals surface area contributed by atoms with E-state index < -0.39 is 179 Å². The first-order valence-corrected chi connectivity index (χ1v) is 20.8. The van der Waals surface area contributed by atoms with Crippen LogP contribution in [-0.4, -0.2) is 45.7 Å². The maximum Gasteiger partial charge on any atom is 0.864 e. The fourth-order valence-corrected chi connectivity index (χ4v) is 6.68. The van der Waals surface area contributed by atoms with E-state index in [-0.39, 0.29) is 43.0 Å². The van der Waals surface area contributed by atoms with Gasteiger partial charge >= 0.3 is 62.6 Å². The van der Waals surface area contributed by atoms with Crippen LogP contribution in [0.5, 0.6) is 17.2 Å². The van der Waals surface area contributed by atoms with Crippen LogP contribution < -0.4 is 18.9 Å². The SMILES string of the molecule is CCOC(C)C(OCC)(OCC)[NH+](CC)c1c(OB(Oc2cc(C(F)(F)F)cc(C(F)(F)F)c2)Oc2cc(C(F)(F)F)cc(C(F)(F)F)c2)cc(C(F)(F)F)cc1C(F)(F)F.FC(F)(F)c1c[c-]cc(C(F)(F)F)c1. The zero-order chi connectivity index (χ0) is 57.7. The first kappa shape index (κ1) is 63.8.